The Morgan fingerprint density at radius 1 is 0.640 bits per heavy atom. The van der Waals surface area contributed by atoms with Crippen LogP contribution in [0.3, 0.4) is 0 Å². The predicted molar refractivity (Wildman–Crippen MR) is 106 cm³/mol. The quantitative estimate of drug-likeness (QED) is 0.628. The van der Waals surface area contributed by atoms with Crippen molar-refractivity contribution < 1.29 is 4.79 Å². The van der Waals surface area contributed by atoms with Crippen LogP contribution in [0.4, 0.5) is 0 Å². The van der Waals surface area contributed by atoms with Crippen molar-refractivity contribution in [3.63, 3.8) is 0 Å². The molecule has 1 fully saturated rings. The van der Waals surface area contributed by atoms with Crippen molar-refractivity contribution in [3.8, 4) is 0 Å². The molecule has 0 radical (unpaired) electrons. The first-order valence-corrected chi connectivity index (χ1v) is 8.72. The second-order valence-corrected chi connectivity index (χ2v) is 6.11. The van der Waals surface area contributed by atoms with Gasteiger partial charge in [0.1, 0.15) is 0 Å². The van der Waals surface area contributed by atoms with E-state index in [2.05, 4.69) is 24.3 Å². The molecular formula is C24H22O. The summed E-state index contributed by atoms with van der Waals surface area (Å²) < 4.78 is 0. The summed E-state index contributed by atoms with van der Waals surface area (Å²) in [7, 11) is 0. The van der Waals surface area contributed by atoms with Crippen molar-refractivity contribution >= 4 is 17.9 Å². The van der Waals surface area contributed by atoms with Crippen LogP contribution in [-0.2, 0) is 4.79 Å². The average Bonchev–Trinajstić information content (AvgIpc) is 2.66. The number of benzene rings is 2. The zero-order chi connectivity index (χ0) is 17.3. The van der Waals surface area contributed by atoms with Gasteiger partial charge in [-0.05, 0) is 41.5 Å². The lowest BCUT2D eigenvalue weighted by Crippen LogP contribution is -2.12. The van der Waals surface area contributed by atoms with Crippen LogP contribution in [0.15, 0.2) is 96.1 Å². The Labute approximate surface area is 149 Å². The zero-order valence-electron chi connectivity index (χ0n) is 14.3. The molecule has 2 aromatic rings. The minimum Gasteiger partial charge on any atom is -0.289 e. The number of hydrogen-bond acceptors (Lipinski definition) is 1. The molecule has 0 aliphatic heterocycles. The molecule has 0 N–H and O–H groups in total. The minimum atomic E-state index is 0.182. The molecule has 1 saturated carbocycles. The van der Waals surface area contributed by atoms with Gasteiger partial charge in [0.2, 0.25) is 0 Å². The first-order chi connectivity index (χ1) is 12.3. The smallest absolute Gasteiger partial charge is 0.184 e. The Kier molecular flexibility index (Phi) is 5.95. The maximum absolute atomic E-state index is 12.6. The normalized spacial score (nSPS) is 18.6. The van der Waals surface area contributed by atoms with Crippen LogP contribution < -0.4 is 0 Å². The molecule has 1 heteroatoms. The van der Waals surface area contributed by atoms with E-state index in [0.29, 0.717) is 0 Å². The summed E-state index contributed by atoms with van der Waals surface area (Å²) in [5.41, 5.74) is 4.09. The molecule has 0 amide bonds. The van der Waals surface area contributed by atoms with Crippen LogP contribution in [0.5, 0.6) is 0 Å². The number of rotatable bonds is 4. The van der Waals surface area contributed by atoms with Gasteiger partial charge in [0.05, 0.1) is 0 Å². The number of hydrogen-bond donors (Lipinski definition) is 0. The van der Waals surface area contributed by atoms with Gasteiger partial charge >= 0.3 is 0 Å². The Morgan fingerprint density at radius 3 is 1.52 bits per heavy atom. The lowest BCUT2D eigenvalue weighted by molar-refractivity contribution is -0.113. The monoisotopic (exact) mass is 326 g/mol. The molecule has 0 unspecified atom stereocenters. The van der Waals surface area contributed by atoms with Crippen LogP contribution in [0, 0.1) is 0 Å². The lowest BCUT2D eigenvalue weighted by Gasteiger charge is -2.15. The van der Waals surface area contributed by atoms with Gasteiger partial charge in [0.25, 0.3) is 0 Å². The third kappa shape index (κ3) is 5.02. The van der Waals surface area contributed by atoms with E-state index < -0.39 is 0 Å². The molecule has 0 saturated heterocycles. The van der Waals surface area contributed by atoms with Crippen molar-refractivity contribution in [1.82, 2.24) is 0 Å². The number of allylic oxidation sites excluding steroid dienone is 6. The topological polar surface area (TPSA) is 17.1 Å². The Morgan fingerprint density at radius 2 is 1.08 bits per heavy atom. The van der Waals surface area contributed by atoms with E-state index in [1.165, 1.54) is 0 Å². The third-order valence-electron chi connectivity index (χ3n) is 4.25. The van der Waals surface area contributed by atoms with Crippen LogP contribution in [0.2, 0.25) is 0 Å². The fourth-order valence-corrected chi connectivity index (χ4v) is 2.90. The number of carbonyl (C=O) groups excluding carboxylic acids is 1. The highest BCUT2D eigenvalue weighted by atomic mass is 16.1. The number of ketones is 1. The third-order valence-corrected chi connectivity index (χ3v) is 4.25. The molecule has 0 aromatic heterocycles. The highest BCUT2D eigenvalue weighted by molar-refractivity contribution is 6.09. The highest BCUT2D eigenvalue weighted by Crippen LogP contribution is 2.25. The molecule has 0 heterocycles. The first-order valence-electron chi connectivity index (χ1n) is 8.72. The van der Waals surface area contributed by atoms with Crippen LogP contribution >= 0.6 is 0 Å². The molecule has 3 rings (SSSR count). The maximum Gasteiger partial charge on any atom is 0.184 e. The van der Waals surface area contributed by atoms with Crippen molar-refractivity contribution in [3.05, 3.63) is 107 Å². The Balaban J connectivity index is 1.68. The summed E-state index contributed by atoms with van der Waals surface area (Å²) in [6.07, 6.45) is 14.7. The highest BCUT2D eigenvalue weighted by Gasteiger charge is 2.18. The van der Waals surface area contributed by atoms with Crippen molar-refractivity contribution in [2.45, 2.75) is 19.3 Å². The number of Topliss-reactive ketones (excluding diaryl/α,β-unsaturated/α-hetero) is 1. The molecule has 1 aliphatic rings. The van der Waals surface area contributed by atoms with Gasteiger partial charge in [-0.3, -0.25) is 4.79 Å². The molecule has 25 heavy (non-hydrogen) atoms. The molecule has 0 spiro atoms. The Hall–Kier alpha value is -2.93. The minimum absolute atomic E-state index is 0.182. The summed E-state index contributed by atoms with van der Waals surface area (Å²) in [5, 5.41) is 0. The summed E-state index contributed by atoms with van der Waals surface area (Å²) in [4.78, 5) is 12.6. The van der Waals surface area contributed by atoms with Gasteiger partial charge in [-0.25, -0.2) is 0 Å². The summed E-state index contributed by atoms with van der Waals surface area (Å²) in [6, 6.07) is 20.3. The van der Waals surface area contributed by atoms with Gasteiger partial charge in [-0.1, -0.05) is 97.1 Å². The van der Waals surface area contributed by atoms with E-state index >= 15 is 0 Å². The number of carbonyl (C=O) groups is 1. The Bertz CT molecular complexity index is 751. The van der Waals surface area contributed by atoms with Gasteiger partial charge < -0.3 is 0 Å². The second-order valence-electron chi connectivity index (χ2n) is 6.11. The zero-order valence-corrected chi connectivity index (χ0v) is 14.3. The fourth-order valence-electron chi connectivity index (χ4n) is 2.90. The maximum atomic E-state index is 12.6. The van der Waals surface area contributed by atoms with Crippen LogP contribution in [0.25, 0.3) is 12.2 Å². The SMILES string of the molecule is O=C1C(=CC=Cc2ccccc2)CCCC1=CC=Cc1ccccc1. The van der Waals surface area contributed by atoms with Crippen LogP contribution in [-0.4, -0.2) is 5.78 Å². The van der Waals surface area contributed by atoms with Gasteiger partial charge in [0, 0.05) is 0 Å². The van der Waals surface area contributed by atoms with E-state index in [4.69, 9.17) is 0 Å². The fraction of sp³-hybridized carbons (Fsp3) is 0.125. The summed E-state index contributed by atoms with van der Waals surface area (Å²) in [6.45, 7) is 0. The summed E-state index contributed by atoms with van der Waals surface area (Å²) >= 11 is 0. The average molecular weight is 326 g/mol. The van der Waals surface area contributed by atoms with Crippen molar-refractivity contribution in [2.75, 3.05) is 0 Å². The van der Waals surface area contributed by atoms with Gasteiger partial charge in [0.15, 0.2) is 5.78 Å². The van der Waals surface area contributed by atoms with E-state index in [0.717, 1.165) is 41.5 Å². The molecule has 1 nitrogen and oxygen atoms in total. The summed E-state index contributed by atoms with van der Waals surface area (Å²) in [5.74, 6) is 0.182. The lowest BCUT2D eigenvalue weighted by atomic mass is 9.88. The van der Waals surface area contributed by atoms with E-state index in [1.54, 1.807) is 0 Å². The molecule has 2 aromatic carbocycles. The molecule has 0 bridgehead atoms. The standard InChI is InChI=1S/C24H22O/c25-24-22(16-7-14-20-10-3-1-4-11-20)18-9-19-23(24)17-8-15-21-12-5-2-6-13-21/h1-8,10-17H,9,18-19H2. The molecule has 0 atom stereocenters. The largest absolute Gasteiger partial charge is 0.289 e. The predicted octanol–water partition coefficient (Wildman–Crippen LogP) is 6.02. The van der Waals surface area contributed by atoms with Gasteiger partial charge in [-0.2, -0.15) is 0 Å². The molecule has 124 valence electrons. The van der Waals surface area contributed by atoms with E-state index in [-0.39, 0.29) is 5.78 Å². The molecule has 1 aliphatic carbocycles. The van der Waals surface area contributed by atoms with E-state index in [9.17, 15) is 4.79 Å². The van der Waals surface area contributed by atoms with Crippen molar-refractivity contribution in [2.24, 2.45) is 0 Å². The molecular weight excluding hydrogens is 304 g/mol. The second kappa shape index (κ2) is 8.79. The van der Waals surface area contributed by atoms with Gasteiger partial charge in [-0.15, -0.1) is 0 Å². The van der Waals surface area contributed by atoms with E-state index in [1.807, 2.05) is 72.9 Å². The van der Waals surface area contributed by atoms with Crippen LogP contribution in [0.1, 0.15) is 30.4 Å². The first kappa shape index (κ1) is 16.9. The van der Waals surface area contributed by atoms with Crippen molar-refractivity contribution in [1.29, 1.82) is 0 Å².